The molecular weight excluding hydrogens is 342 g/mol. The summed E-state index contributed by atoms with van der Waals surface area (Å²) < 4.78 is 1.08. The molecule has 0 aliphatic rings. The zero-order valence-corrected chi connectivity index (χ0v) is 15.3. The van der Waals surface area contributed by atoms with Crippen molar-refractivity contribution in [2.24, 2.45) is 4.99 Å². The Bertz CT molecular complexity index is 1100. The molecule has 3 aromatic rings. The summed E-state index contributed by atoms with van der Waals surface area (Å²) in [5, 5.41) is 10.5. The molecule has 0 amide bonds. The minimum Gasteiger partial charge on any atom is -0.493 e. The second-order valence-electron chi connectivity index (χ2n) is 6.37. The quantitative estimate of drug-likeness (QED) is 0.683. The summed E-state index contributed by atoms with van der Waals surface area (Å²) in [6.45, 7) is 4.34. The van der Waals surface area contributed by atoms with Crippen LogP contribution in [-0.4, -0.2) is 27.4 Å². The lowest BCUT2D eigenvalue weighted by atomic mass is 10.1. The molecular formula is C21H21N3O3. The zero-order valence-electron chi connectivity index (χ0n) is 15.3. The lowest BCUT2D eigenvalue weighted by Gasteiger charge is -2.11. The minimum absolute atomic E-state index is 0.0408. The van der Waals surface area contributed by atoms with Gasteiger partial charge in [0.2, 0.25) is 5.88 Å². The van der Waals surface area contributed by atoms with Crippen molar-refractivity contribution < 1.29 is 5.11 Å². The van der Waals surface area contributed by atoms with Crippen molar-refractivity contribution in [2.45, 2.75) is 20.3 Å². The molecule has 0 bridgehead atoms. The van der Waals surface area contributed by atoms with E-state index in [1.807, 2.05) is 50.2 Å². The van der Waals surface area contributed by atoms with Crippen molar-refractivity contribution >= 4 is 6.21 Å². The molecule has 0 atom stereocenters. The van der Waals surface area contributed by atoms with Gasteiger partial charge in [0.05, 0.1) is 5.69 Å². The van der Waals surface area contributed by atoms with E-state index in [4.69, 9.17) is 0 Å². The monoisotopic (exact) mass is 363 g/mol. The van der Waals surface area contributed by atoms with Crippen LogP contribution in [0.25, 0.3) is 5.69 Å². The molecule has 1 aromatic heterocycles. The van der Waals surface area contributed by atoms with Crippen molar-refractivity contribution in [1.82, 2.24) is 9.55 Å². The molecule has 1 heterocycles. The number of nitrogens with one attached hydrogen (secondary N) is 1. The van der Waals surface area contributed by atoms with Crippen LogP contribution in [0.3, 0.4) is 0 Å². The highest BCUT2D eigenvalue weighted by molar-refractivity contribution is 5.82. The highest BCUT2D eigenvalue weighted by Crippen LogP contribution is 2.18. The van der Waals surface area contributed by atoms with Gasteiger partial charge in [-0.1, -0.05) is 36.4 Å². The molecule has 3 rings (SSSR count). The van der Waals surface area contributed by atoms with Gasteiger partial charge in [0.1, 0.15) is 5.56 Å². The number of rotatable bonds is 5. The molecule has 0 saturated carbocycles. The molecule has 0 saturated heterocycles. The number of benzene rings is 2. The summed E-state index contributed by atoms with van der Waals surface area (Å²) >= 11 is 0. The van der Waals surface area contributed by atoms with Gasteiger partial charge < -0.3 is 5.11 Å². The molecule has 2 aromatic carbocycles. The van der Waals surface area contributed by atoms with Gasteiger partial charge in [0.25, 0.3) is 5.56 Å². The molecule has 6 heteroatoms. The molecule has 27 heavy (non-hydrogen) atoms. The van der Waals surface area contributed by atoms with Gasteiger partial charge >= 0.3 is 5.69 Å². The van der Waals surface area contributed by atoms with Gasteiger partial charge in [0, 0.05) is 12.8 Å². The Labute approximate surface area is 156 Å². The lowest BCUT2D eigenvalue weighted by Crippen LogP contribution is -2.31. The summed E-state index contributed by atoms with van der Waals surface area (Å²) in [4.78, 5) is 30.8. The van der Waals surface area contributed by atoms with Gasteiger partial charge in [0.15, 0.2) is 0 Å². The summed E-state index contributed by atoms with van der Waals surface area (Å²) in [6, 6.07) is 15.2. The summed E-state index contributed by atoms with van der Waals surface area (Å²) in [6.07, 6.45) is 2.03. The van der Waals surface area contributed by atoms with E-state index in [1.165, 1.54) is 6.21 Å². The first-order chi connectivity index (χ1) is 13.0. The van der Waals surface area contributed by atoms with Crippen LogP contribution in [0.2, 0.25) is 0 Å². The van der Waals surface area contributed by atoms with Gasteiger partial charge in [-0.15, -0.1) is 0 Å². The third kappa shape index (κ3) is 4.06. The maximum atomic E-state index is 12.2. The van der Waals surface area contributed by atoms with E-state index in [2.05, 4.69) is 9.98 Å². The van der Waals surface area contributed by atoms with Crippen LogP contribution in [0.5, 0.6) is 5.88 Å². The van der Waals surface area contributed by atoms with Crippen molar-refractivity contribution in [3.8, 4) is 11.6 Å². The highest BCUT2D eigenvalue weighted by atomic mass is 16.3. The van der Waals surface area contributed by atoms with Gasteiger partial charge in [-0.05, 0) is 49.1 Å². The van der Waals surface area contributed by atoms with Crippen LogP contribution >= 0.6 is 0 Å². The zero-order chi connectivity index (χ0) is 19.4. The number of hydrogen-bond acceptors (Lipinski definition) is 4. The fourth-order valence-electron chi connectivity index (χ4n) is 2.75. The fraction of sp³-hybridized carbons (Fsp3) is 0.190. The number of nitrogens with zero attached hydrogens (tertiary/aromatic N) is 2. The number of aliphatic imine (C=N–C) groups is 1. The van der Waals surface area contributed by atoms with Gasteiger partial charge in [-0.25, -0.2) is 9.36 Å². The third-order valence-electron chi connectivity index (χ3n) is 4.46. The first-order valence-electron chi connectivity index (χ1n) is 8.67. The number of H-pyrrole nitrogens is 1. The Morgan fingerprint density at radius 2 is 1.81 bits per heavy atom. The SMILES string of the molecule is Cc1ccc(-n2c(O)c(C=NCCc3ccccc3)c(=O)[nH]c2=O)cc1C. The van der Waals surface area contributed by atoms with Crippen LogP contribution < -0.4 is 11.2 Å². The summed E-state index contributed by atoms with van der Waals surface area (Å²) in [5.74, 6) is -0.421. The van der Waals surface area contributed by atoms with E-state index in [9.17, 15) is 14.7 Å². The summed E-state index contributed by atoms with van der Waals surface area (Å²) in [7, 11) is 0. The van der Waals surface area contributed by atoms with Crippen molar-refractivity contribution in [1.29, 1.82) is 0 Å². The number of hydrogen-bond donors (Lipinski definition) is 2. The van der Waals surface area contributed by atoms with E-state index in [0.29, 0.717) is 18.7 Å². The molecule has 0 aliphatic carbocycles. The molecule has 0 fully saturated rings. The fourth-order valence-corrected chi connectivity index (χ4v) is 2.75. The third-order valence-corrected chi connectivity index (χ3v) is 4.46. The standard InChI is InChI=1S/C21H21N3O3/c1-14-8-9-17(12-15(14)2)24-20(26)18(19(25)23-21(24)27)13-22-11-10-16-6-4-3-5-7-16/h3-9,12-13,26H,10-11H2,1-2H3,(H,23,25,27). The second-order valence-corrected chi connectivity index (χ2v) is 6.37. The average molecular weight is 363 g/mol. The Kier molecular flexibility index (Phi) is 5.35. The molecule has 0 aliphatic heterocycles. The van der Waals surface area contributed by atoms with E-state index >= 15 is 0 Å². The van der Waals surface area contributed by atoms with Crippen molar-refractivity contribution in [3.63, 3.8) is 0 Å². The topological polar surface area (TPSA) is 87.4 Å². The average Bonchev–Trinajstić information content (AvgIpc) is 2.64. The van der Waals surface area contributed by atoms with E-state index in [1.54, 1.807) is 12.1 Å². The predicted octanol–water partition coefficient (Wildman–Crippen LogP) is 2.51. The number of aryl methyl sites for hydroxylation is 2. The second kappa shape index (κ2) is 7.86. The van der Waals surface area contributed by atoms with Gasteiger partial charge in [-0.2, -0.15) is 0 Å². The van der Waals surface area contributed by atoms with Crippen LogP contribution in [0.4, 0.5) is 0 Å². The van der Waals surface area contributed by atoms with Crippen molar-refractivity contribution in [2.75, 3.05) is 6.54 Å². The first-order valence-corrected chi connectivity index (χ1v) is 8.67. The number of aromatic hydroxyl groups is 1. The molecule has 2 N–H and O–H groups in total. The largest absolute Gasteiger partial charge is 0.493 e. The maximum Gasteiger partial charge on any atom is 0.335 e. The van der Waals surface area contributed by atoms with E-state index in [0.717, 1.165) is 21.3 Å². The molecule has 6 nitrogen and oxygen atoms in total. The number of aromatic amines is 1. The van der Waals surface area contributed by atoms with Crippen LogP contribution in [0, 0.1) is 13.8 Å². The first kappa shape index (κ1) is 18.4. The maximum absolute atomic E-state index is 12.2. The smallest absolute Gasteiger partial charge is 0.335 e. The van der Waals surface area contributed by atoms with E-state index in [-0.39, 0.29) is 5.56 Å². The van der Waals surface area contributed by atoms with Crippen LogP contribution in [-0.2, 0) is 6.42 Å². The highest BCUT2D eigenvalue weighted by Gasteiger charge is 2.14. The lowest BCUT2D eigenvalue weighted by molar-refractivity contribution is 0.430. The minimum atomic E-state index is -0.692. The van der Waals surface area contributed by atoms with E-state index < -0.39 is 17.1 Å². The number of aromatic nitrogens is 2. The Hall–Kier alpha value is -3.41. The molecule has 0 unspecified atom stereocenters. The normalized spacial score (nSPS) is 11.2. The molecule has 0 spiro atoms. The van der Waals surface area contributed by atoms with Crippen molar-refractivity contribution in [3.05, 3.63) is 91.6 Å². The molecule has 0 radical (unpaired) electrons. The van der Waals surface area contributed by atoms with Crippen LogP contribution in [0.1, 0.15) is 22.3 Å². The molecule has 138 valence electrons. The Morgan fingerprint density at radius 1 is 1.07 bits per heavy atom. The Morgan fingerprint density at radius 3 is 2.52 bits per heavy atom. The Balaban J connectivity index is 1.92. The van der Waals surface area contributed by atoms with Gasteiger partial charge in [-0.3, -0.25) is 14.8 Å². The predicted molar refractivity (Wildman–Crippen MR) is 106 cm³/mol. The summed E-state index contributed by atoms with van der Waals surface area (Å²) in [5.41, 5.74) is 2.26. The van der Waals surface area contributed by atoms with Crippen LogP contribution in [0.15, 0.2) is 63.1 Å².